The third kappa shape index (κ3) is 4.11. The third-order valence-corrected chi connectivity index (χ3v) is 3.08. The van der Waals surface area contributed by atoms with Gasteiger partial charge in [-0.15, -0.1) is 0 Å². The number of nitrogens with one attached hydrogen (secondary N) is 1. The number of anilines is 1. The molecule has 0 aliphatic rings. The van der Waals surface area contributed by atoms with E-state index < -0.39 is 0 Å². The molecule has 0 saturated carbocycles. The summed E-state index contributed by atoms with van der Waals surface area (Å²) in [6.45, 7) is 4.47. The molecule has 0 bridgehead atoms. The van der Waals surface area contributed by atoms with Crippen molar-refractivity contribution in [1.82, 2.24) is 4.98 Å². The highest BCUT2D eigenvalue weighted by molar-refractivity contribution is 6.33. The van der Waals surface area contributed by atoms with Crippen molar-refractivity contribution in [3.8, 4) is 11.9 Å². The standard InChI is InChI=1S/C16H16ClN3O/c1-11(2)21-16-13(4-3-7-19-16)10-20-15-6-5-12(9-18)8-14(15)17/h3-8,11,20H,10H2,1-2H3. The number of halogens is 1. The lowest BCUT2D eigenvalue weighted by molar-refractivity contribution is 0.230. The average molecular weight is 302 g/mol. The molecule has 5 heteroatoms. The van der Waals surface area contributed by atoms with Crippen LogP contribution in [0.25, 0.3) is 0 Å². The van der Waals surface area contributed by atoms with Crippen molar-refractivity contribution in [2.45, 2.75) is 26.5 Å². The van der Waals surface area contributed by atoms with E-state index in [9.17, 15) is 0 Å². The number of nitrogens with zero attached hydrogens (tertiary/aromatic N) is 2. The highest BCUT2D eigenvalue weighted by Gasteiger charge is 2.08. The first-order chi connectivity index (χ1) is 10.1. The Morgan fingerprint density at radius 2 is 2.19 bits per heavy atom. The lowest BCUT2D eigenvalue weighted by atomic mass is 10.2. The van der Waals surface area contributed by atoms with Crippen molar-refractivity contribution in [3.05, 3.63) is 52.7 Å². The van der Waals surface area contributed by atoms with Crippen molar-refractivity contribution in [3.63, 3.8) is 0 Å². The first-order valence-electron chi connectivity index (χ1n) is 6.64. The second kappa shape index (κ2) is 6.96. The van der Waals surface area contributed by atoms with E-state index in [4.69, 9.17) is 21.6 Å². The van der Waals surface area contributed by atoms with Crippen molar-refractivity contribution in [1.29, 1.82) is 5.26 Å². The van der Waals surface area contributed by atoms with Gasteiger partial charge in [-0.05, 0) is 38.1 Å². The maximum Gasteiger partial charge on any atom is 0.218 e. The normalized spacial score (nSPS) is 10.2. The van der Waals surface area contributed by atoms with E-state index in [-0.39, 0.29) is 6.10 Å². The lowest BCUT2D eigenvalue weighted by Crippen LogP contribution is -2.10. The van der Waals surface area contributed by atoms with E-state index >= 15 is 0 Å². The molecule has 0 aliphatic heterocycles. The molecule has 0 spiro atoms. The number of benzene rings is 1. The second-order valence-corrected chi connectivity index (χ2v) is 5.20. The van der Waals surface area contributed by atoms with Crippen LogP contribution in [0.1, 0.15) is 25.0 Å². The molecule has 0 aliphatic carbocycles. The summed E-state index contributed by atoms with van der Waals surface area (Å²) >= 11 is 6.14. The molecule has 0 fully saturated rings. The molecule has 0 saturated heterocycles. The van der Waals surface area contributed by atoms with Gasteiger partial charge in [-0.25, -0.2) is 4.98 Å². The Balaban J connectivity index is 2.12. The van der Waals surface area contributed by atoms with Gasteiger partial charge in [0.05, 0.1) is 28.4 Å². The topological polar surface area (TPSA) is 57.9 Å². The van der Waals surface area contributed by atoms with Gasteiger partial charge in [-0.3, -0.25) is 0 Å². The van der Waals surface area contributed by atoms with Crippen LogP contribution in [0.15, 0.2) is 36.5 Å². The molecule has 1 heterocycles. The smallest absolute Gasteiger partial charge is 0.218 e. The first-order valence-corrected chi connectivity index (χ1v) is 7.02. The Hall–Kier alpha value is -2.25. The second-order valence-electron chi connectivity index (χ2n) is 4.79. The summed E-state index contributed by atoms with van der Waals surface area (Å²) < 4.78 is 5.67. The van der Waals surface area contributed by atoms with Gasteiger partial charge < -0.3 is 10.1 Å². The van der Waals surface area contributed by atoms with E-state index in [1.54, 1.807) is 24.4 Å². The largest absolute Gasteiger partial charge is 0.475 e. The van der Waals surface area contributed by atoms with Crippen LogP contribution in [0.4, 0.5) is 5.69 Å². The fourth-order valence-corrected chi connectivity index (χ4v) is 2.05. The summed E-state index contributed by atoms with van der Waals surface area (Å²) in [5.74, 6) is 0.616. The molecular weight excluding hydrogens is 286 g/mol. The van der Waals surface area contributed by atoms with Gasteiger partial charge in [-0.2, -0.15) is 5.26 Å². The predicted molar refractivity (Wildman–Crippen MR) is 83.5 cm³/mol. The number of ether oxygens (including phenoxy) is 1. The van der Waals surface area contributed by atoms with Crippen LogP contribution in [-0.2, 0) is 6.54 Å². The van der Waals surface area contributed by atoms with E-state index in [0.717, 1.165) is 11.3 Å². The fraction of sp³-hybridized carbons (Fsp3) is 0.250. The predicted octanol–water partition coefficient (Wildman–Crippen LogP) is 4.01. The van der Waals surface area contributed by atoms with E-state index in [2.05, 4.69) is 16.4 Å². The van der Waals surface area contributed by atoms with Crippen LogP contribution < -0.4 is 10.1 Å². The van der Waals surface area contributed by atoms with Crippen molar-refractivity contribution >= 4 is 17.3 Å². The van der Waals surface area contributed by atoms with Gasteiger partial charge in [0.25, 0.3) is 0 Å². The van der Waals surface area contributed by atoms with Gasteiger partial charge >= 0.3 is 0 Å². The Kier molecular flexibility index (Phi) is 5.02. The van der Waals surface area contributed by atoms with Crippen LogP contribution in [0, 0.1) is 11.3 Å². The van der Waals surface area contributed by atoms with Gasteiger partial charge in [0.1, 0.15) is 0 Å². The maximum absolute atomic E-state index is 8.83. The summed E-state index contributed by atoms with van der Waals surface area (Å²) in [6.07, 6.45) is 1.77. The number of rotatable bonds is 5. The molecule has 1 aromatic heterocycles. The van der Waals surface area contributed by atoms with Gasteiger partial charge in [0, 0.05) is 18.3 Å². The number of aromatic nitrogens is 1. The van der Waals surface area contributed by atoms with Crippen molar-refractivity contribution in [2.75, 3.05) is 5.32 Å². The third-order valence-electron chi connectivity index (χ3n) is 2.76. The minimum Gasteiger partial charge on any atom is -0.475 e. The van der Waals surface area contributed by atoms with E-state index in [0.29, 0.717) is 23.0 Å². The minimum atomic E-state index is 0.0668. The van der Waals surface area contributed by atoms with Crippen LogP contribution in [0.3, 0.4) is 0 Å². The molecule has 1 aromatic carbocycles. The first kappa shape index (κ1) is 15.1. The number of hydrogen-bond acceptors (Lipinski definition) is 4. The van der Waals surface area contributed by atoms with Crippen molar-refractivity contribution < 1.29 is 4.74 Å². The van der Waals surface area contributed by atoms with Gasteiger partial charge in [-0.1, -0.05) is 17.7 Å². The SMILES string of the molecule is CC(C)Oc1ncccc1CNc1ccc(C#N)cc1Cl. The number of pyridine rings is 1. The Labute approximate surface area is 129 Å². The van der Waals surface area contributed by atoms with Crippen molar-refractivity contribution in [2.24, 2.45) is 0 Å². The highest BCUT2D eigenvalue weighted by Crippen LogP contribution is 2.24. The van der Waals surface area contributed by atoms with Crippen LogP contribution >= 0.6 is 11.6 Å². The molecule has 1 N–H and O–H groups in total. The molecule has 0 amide bonds. The molecule has 2 rings (SSSR count). The minimum absolute atomic E-state index is 0.0668. The van der Waals surface area contributed by atoms with Gasteiger partial charge in [0.2, 0.25) is 5.88 Å². The number of nitriles is 1. The molecular formula is C16H16ClN3O. The van der Waals surface area contributed by atoms with E-state index in [1.165, 1.54) is 0 Å². The maximum atomic E-state index is 8.83. The molecule has 0 unspecified atom stereocenters. The molecule has 4 nitrogen and oxygen atoms in total. The summed E-state index contributed by atoms with van der Waals surface area (Å²) in [5, 5.41) is 12.6. The average Bonchev–Trinajstić information content (AvgIpc) is 2.46. The summed E-state index contributed by atoms with van der Waals surface area (Å²) in [6, 6.07) is 11.0. The molecule has 0 radical (unpaired) electrons. The molecule has 0 atom stereocenters. The zero-order valence-corrected chi connectivity index (χ0v) is 12.7. The van der Waals surface area contributed by atoms with Crippen LogP contribution in [-0.4, -0.2) is 11.1 Å². The lowest BCUT2D eigenvalue weighted by Gasteiger charge is -2.14. The van der Waals surface area contributed by atoms with Crippen LogP contribution in [0.2, 0.25) is 5.02 Å². The Morgan fingerprint density at radius 1 is 1.38 bits per heavy atom. The summed E-state index contributed by atoms with van der Waals surface area (Å²) in [7, 11) is 0. The van der Waals surface area contributed by atoms with Crippen LogP contribution in [0.5, 0.6) is 5.88 Å². The molecule has 108 valence electrons. The molecule has 2 aromatic rings. The molecule has 21 heavy (non-hydrogen) atoms. The fourth-order valence-electron chi connectivity index (χ4n) is 1.81. The van der Waals surface area contributed by atoms with E-state index in [1.807, 2.05) is 26.0 Å². The quantitative estimate of drug-likeness (QED) is 0.906. The summed E-state index contributed by atoms with van der Waals surface area (Å²) in [4.78, 5) is 4.24. The monoisotopic (exact) mass is 301 g/mol. The zero-order valence-electron chi connectivity index (χ0n) is 11.9. The highest BCUT2D eigenvalue weighted by atomic mass is 35.5. The number of hydrogen-bond donors (Lipinski definition) is 1. The Bertz CT molecular complexity index is 665. The van der Waals surface area contributed by atoms with Gasteiger partial charge in [0.15, 0.2) is 0 Å². The summed E-state index contributed by atoms with van der Waals surface area (Å²) in [5.41, 5.74) is 2.26. The Morgan fingerprint density at radius 3 is 2.86 bits per heavy atom. The zero-order chi connectivity index (χ0) is 15.2.